The summed E-state index contributed by atoms with van der Waals surface area (Å²) in [7, 11) is 1.62. The quantitative estimate of drug-likeness (QED) is 0.0372. The van der Waals surface area contributed by atoms with Crippen LogP contribution in [0.1, 0.15) is 68.5 Å². The zero-order chi connectivity index (χ0) is 50.9. The van der Waals surface area contributed by atoms with Crippen LogP contribution in [0, 0.1) is 0 Å². The van der Waals surface area contributed by atoms with Gasteiger partial charge in [0.05, 0.1) is 5.52 Å². The van der Waals surface area contributed by atoms with Crippen molar-refractivity contribution in [1.29, 1.82) is 0 Å². The fourth-order valence-electron chi connectivity index (χ4n) is 9.21. The molecule has 2 N–H and O–H groups in total. The summed E-state index contributed by atoms with van der Waals surface area (Å²) < 4.78 is 14.8. The number of anilines is 1. The molecule has 10 rings (SSSR count). The van der Waals surface area contributed by atoms with E-state index in [9.17, 15) is 14.7 Å². The first kappa shape index (κ1) is 48.2. The lowest BCUT2D eigenvalue weighted by Gasteiger charge is -2.36. The van der Waals surface area contributed by atoms with Crippen molar-refractivity contribution in [2.24, 2.45) is 12.2 Å². The summed E-state index contributed by atoms with van der Waals surface area (Å²) in [6, 6.07) is 74.1. The fourth-order valence-corrected chi connectivity index (χ4v) is 9.96. The van der Waals surface area contributed by atoms with Crippen molar-refractivity contribution in [2.45, 2.75) is 23.9 Å². The Hall–Kier alpha value is -9.39. The van der Waals surface area contributed by atoms with E-state index in [0.29, 0.717) is 32.9 Å². The standard InChI is InChI=1S/C62H48N4O7S/c1-66-53(67)40-38-49-50(37-39-52(55(49)66)71-56(42-23-9-2-10-24-42)43-25-11-3-12-26-43)58(60(70)72-57(44-27-13-4-14-28-44)45-29-15-5-16-30-45)73-65-54(59(68)69)51-41-74-61(63-51)64-62(46-31-17-6-18-32-46,47-33-19-7-20-34-47)48-35-21-8-22-36-48/h2-41,56-58H,1H3,(H,63,64)(H,68,69). The highest BCUT2D eigenvalue weighted by molar-refractivity contribution is 7.14. The van der Waals surface area contributed by atoms with Gasteiger partial charge >= 0.3 is 11.9 Å². The number of fused-ring (bicyclic) bond motifs is 1. The van der Waals surface area contributed by atoms with Gasteiger partial charge in [0, 0.05) is 29.4 Å². The molecule has 8 aromatic carbocycles. The van der Waals surface area contributed by atoms with Crippen molar-refractivity contribution >= 4 is 45.0 Å². The van der Waals surface area contributed by atoms with Crippen LogP contribution in [-0.2, 0) is 31.8 Å². The zero-order valence-electron chi connectivity index (χ0n) is 40.0. The number of carbonyl (C=O) groups is 2. The van der Waals surface area contributed by atoms with E-state index in [1.54, 1.807) is 30.6 Å². The molecule has 0 spiro atoms. The largest absolute Gasteiger partial charge is 0.479 e. The molecule has 1 unspecified atom stereocenters. The van der Waals surface area contributed by atoms with Gasteiger partial charge in [-0.25, -0.2) is 14.6 Å². The van der Waals surface area contributed by atoms with Gasteiger partial charge in [0.1, 0.15) is 23.1 Å². The molecule has 0 fully saturated rings. The number of aliphatic carboxylic acids is 1. The molecule has 2 aromatic heterocycles. The van der Waals surface area contributed by atoms with Gasteiger partial charge in [0.15, 0.2) is 11.2 Å². The van der Waals surface area contributed by atoms with Gasteiger partial charge in [0.25, 0.3) is 5.56 Å². The Morgan fingerprint density at radius 3 is 1.50 bits per heavy atom. The predicted molar refractivity (Wildman–Crippen MR) is 288 cm³/mol. The molecular formula is C62H48N4O7S. The molecule has 364 valence electrons. The highest BCUT2D eigenvalue weighted by Gasteiger charge is 2.38. The van der Waals surface area contributed by atoms with Gasteiger partial charge in [0.2, 0.25) is 11.8 Å². The number of carbonyl (C=O) groups excluding carboxylic acids is 1. The number of esters is 1. The number of hydrogen-bond acceptors (Lipinski definition) is 10. The number of rotatable bonds is 18. The minimum Gasteiger partial charge on any atom is -0.479 e. The Balaban J connectivity index is 1.08. The van der Waals surface area contributed by atoms with Crippen molar-refractivity contribution in [3.8, 4) is 5.75 Å². The van der Waals surface area contributed by atoms with Crippen molar-refractivity contribution < 1.29 is 29.0 Å². The summed E-state index contributed by atoms with van der Waals surface area (Å²) in [4.78, 5) is 53.1. The van der Waals surface area contributed by atoms with E-state index in [-0.39, 0.29) is 16.8 Å². The lowest BCUT2D eigenvalue weighted by molar-refractivity contribution is -0.162. The SMILES string of the molecule is Cn1c(=O)ccc2c(C(ON=C(C(=O)O)c3csc(NC(c4ccccc4)(c4ccccc4)c4ccccc4)n3)C(=O)OC(c3ccccc3)c3ccccc3)ccc(OC(c3ccccc3)c3ccccc3)c21. The second-order valence-corrected chi connectivity index (χ2v) is 18.2. The molecule has 0 saturated heterocycles. The maximum absolute atomic E-state index is 15.1. The molecular weight excluding hydrogens is 945 g/mol. The molecule has 0 aliphatic carbocycles. The number of benzene rings is 8. The van der Waals surface area contributed by atoms with Crippen LogP contribution >= 0.6 is 11.3 Å². The maximum Gasteiger partial charge on any atom is 0.360 e. The summed E-state index contributed by atoms with van der Waals surface area (Å²) >= 11 is 1.19. The molecule has 11 nitrogen and oxygen atoms in total. The van der Waals surface area contributed by atoms with Crippen LogP contribution in [0.4, 0.5) is 5.13 Å². The molecule has 74 heavy (non-hydrogen) atoms. The van der Waals surface area contributed by atoms with E-state index in [4.69, 9.17) is 19.3 Å². The number of aromatic nitrogens is 2. The van der Waals surface area contributed by atoms with Crippen LogP contribution in [-0.4, -0.2) is 32.3 Å². The number of oxime groups is 1. The molecule has 0 amide bonds. The number of hydrogen-bond donors (Lipinski definition) is 2. The number of nitrogens with zero attached hydrogens (tertiary/aromatic N) is 3. The Morgan fingerprint density at radius 1 is 0.595 bits per heavy atom. The highest BCUT2D eigenvalue weighted by Crippen LogP contribution is 2.42. The summed E-state index contributed by atoms with van der Waals surface area (Å²) in [5.41, 5.74) is 4.59. The van der Waals surface area contributed by atoms with Gasteiger partial charge in [-0.1, -0.05) is 224 Å². The van der Waals surface area contributed by atoms with Crippen molar-refractivity contribution in [3.63, 3.8) is 0 Å². The Kier molecular flexibility index (Phi) is 14.3. The predicted octanol–water partition coefficient (Wildman–Crippen LogP) is 12.4. The van der Waals surface area contributed by atoms with E-state index >= 15 is 4.79 Å². The fraction of sp³-hybridized carbons (Fsp3) is 0.0806. The van der Waals surface area contributed by atoms with Gasteiger partial charge in [-0.05, 0) is 51.1 Å². The minimum absolute atomic E-state index is 0.0180. The molecule has 10 aromatic rings. The van der Waals surface area contributed by atoms with Gasteiger partial charge < -0.3 is 29.3 Å². The molecule has 0 radical (unpaired) electrons. The van der Waals surface area contributed by atoms with Gasteiger partial charge in [-0.3, -0.25) is 4.79 Å². The smallest absolute Gasteiger partial charge is 0.360 e. The van der Waals surface area contributed by atoms with Crippen LogP contribution in [0.2, 0.25) is 0 Å². The average molecular weight is 993 g/mol. The number of thiazole rings is 1. The van der Waals surface area contributed by atoms with Crippen molar-refractivity contribution in [1.82, 2.24) is 9.55 Å². The summed E-state index contributed by atoms with van der Waals surface area (Å²) in [6.45, 7) is 0. The Bertz CT molecular complexity index is 3420. The van der Waals surface area contributed by atoms with Crippen molar-refractivity contribution in [2.75, 3.05) is 5.32 Å². The van der Waals surface area contributed by atoms with E-state index in [1.165, 1.54) is 22.0 Å². The molecule has 0 saturated carbocycles. The highest BCUT2D eigenvalue weighted by atomic mass is 32.1. The third-order valence-electron chi connectivity index (χ3n) is 12.8. The summed E-state index contributed by atoms with van der Waals surface area (Å²) in [6.07, 6.45) is -3.18. The number of aryl methyl sites for hydroxylation is 1. The summed E-state index contributed by atoms with van der Waals surface area (Å²) in [5, 5.41) is 21.2. The first-order chi connectivity index (χ1) is 36.3. The molecule has 0 bridgehead atoms. The van der Waals surface area contributed by atoms with Crippen LogP contribution < -0.4 is 15.6 Å². The molecule has 1 atom stereocenters. The average Bonchev–Trinajstić information content (AvgIpc) is 3.92. The zero-order valence-corrected chi connectivity index (χ0v) is 40.8. The first-order valence-corrected chi connectivity index (χ1v) is 24.7. The van der Waals surface area contributed by atoms with E-state index in [2.05, 4.69) is 10.5 Å². The maximum atomic E-state index is 15.1. The summed E-state index contributed by atoms with van der Waals surface area (Å²) in [5.74, 6) is -2.00. The van der Waals surface area contributed by atoms with Crippen LogP contribution in [0.5, 0.6) is 5.75 Å². The lowest BCUT2D eigenvalue weighted by atomic mass is 9.77. The number of pyridine rings is 1. The topological polar surface area (TPSA) is 141 Å². The number of nitrogens with one attached hydrogen (secondary N) is 1. The third-order valence-corrected chi connectivity index (χ3v) is 13.5. The second kappa shape index (κ2) is 21.9. The lowest BCUT2D eigenvalue weighted by Crippen LogP contribution is -2.38. The Labute approximate surface area is 431 Å². The Morgan fingerprint density at radius 2 is 1.04 bits per heavy atom. The minimum atomic E-state index is -1.69. The number of ether oxygens (including phenoxy) is 2. The van der Waals surface area contributed by atoms with Gasteiger partial charge in [-0.15, -0.1) is 11.3 Å². The normalized spacial score (nSPS) is 12.1. The number of carboxylic acid groups (broad SMARTS) is 1. The third kappa shape index (κ3) is 10.1. The second-order valence-electron chi connectivity index (χ2n) is 17.3. The first-order valence-electron chi connectivity index (χ1n) is 23.9. The van der Waals surface area contributed by atoms with E-state index < -0.39 is 41.5 Å². The molecule has 0 aliphatic rings. The molecule has 2 heterocycles. The van der Waals surface area contributed by atoms with Crippen LogP contribution in [0.15, 0.2) is 252 Å². The monoisotopic (exact) mass is 992 g/mol. The van der Waals surface area contributed by atoms with E-state index in [1.807, 2.05) is 212 Å². The van der Waals surface area contributed by atoms with Gasteiger partial charge in [-0.2, -0.15) is 0 Å². The van der Waals surface area contributed by atoms with Crippen LogP contribution in [0.3, 0.4) is 0 Å². The van der Waals surface area contributed by atoms with Crippen LogP contribution in [0.25, 0.3) is 10.9 Å². The molecule has 0 aliphatic heterocycles. The molecule has 12 heteroatoms. The van der Waals surface area contributed by atoms with Crippen molar-refractivity contribution in [3.05, 3.63) is 303 Å². The van der Waals surface area contributed by atoms with E-state index in [0.717, 1.165) is 27.8 Å². The number of carboxylic acids is 1.